The molecule has 0 unspecified atom stereocenters. The molecule has 0 bridgehead atoms. The number of halogens is 3. The van der Waals surface area contributed by atoms with E-state index in [9.17, 15) is 13.2 Å². The average molecular weight is 296 g/mol. The van der Waals surface area contributed by atoms with Gasteiger partial charge in [-0.1, -0.05) is 6.07 Å². The molecule has 0 aromatic heterocycles. The van der Waals surface area contributed by atoms with Crippen molar-refractivity contribution < 1.29 is 13.2 Å². The minimum absolute atomic E-state index is 0.0412. The minimum atomic E-state index is -0.725. The molecule has 2 nitrogen and oxygen atoms in total. The highest BCUT2D eigenvalue weighted by Gasteiger charge is 2.06. The lowest BCUT2D eigenvalue weighted by atomic mass is 10.2. The van der Waals surface area contributed by atoms with Gasteiger partial charge in [0.15, 0.2) is 5.11 Å². The lowest BCUT2D eigenvalue weighted by Crippen LogP contribution is -2.20. The molecule has 0 fully saturated rings. The van der Waals surface area contributed by atoms with Gasteiger partial charge in [-0.15, -0.1) is 0 Å². The second-order valence-electron chi connectivity index (χ2n) is 4.22. The molecular formula is C14H11F3N2S. The molecule has 0 aliphatic rings. The van der Waals surface area contributed by atoms with E-state index in [-0.39, 0.29) is 16.5 Å². The van der Waals surface area contributed by atoms with Crippen molar-refractivity contribution in [2.24, 2.45) is 0 Å². The van der Waals surface area contributed by atoms with Gasteiger partial charge >= 0.3 is 0 Å². The summed E-state index contributed by atoms with van der Waals surface area (Å²) >= 11 is 4.97. The molecule has 0 heterocycles. The van der Waals surface area contributed by atoms with Crippen molar-refractivity contribution in [3.8, 4) is 0 Å². The Kier molecular flexibility index (Phi) is 4.24. The SMILES string of the molecule is Cc1ccc(F)c(NC(=S)Nc2cc(F)cc(F)c2)c1. The van der Waals surface area contributed by atoms with Crippen LogP contribution in [0.1, 0.15) is 5.56 Å². The van der Waals surface area contributed by atoms with Crippen molar-refractivity contribution in [2.75, 3.05) is 10.6 Å². The van der Waals surface area contributed by atoms with Gasteiger partial charge in [0, 0.05) is 11.8 Å². The molecule has 0 spiro atoms. The topological polar surface area (TPSA) is 24.1 Å². The number of thiocarbonyl (C=S) groups is 1. The van der Waals surface area contributed by atoms with Crippen molar-refractivity contribution in [3.05, 3.63) is 59.4 Å². The molecule has 0 aliphatic carbocycles. The van der Waals surface area contributed by atoms with E-state index in [0.29, 0.717) is 0 Å². The third-order valence-electron chi connectivity index (χ3n) is 2.49. The minimum Gasteiger partial charge on any atom is -0.332 e. The number of hydrogen-bond donors (Lipinski definition) is 2. The van der Waals surface area contributed by atoms with Crippen LogP contribution >= 0.6 is 12.2 Å². The average Bonchev–Trinajstić information content (AvgIpc) is 2.32. The molecule has 6 heteroatoms. The van der Waals surface area contributed by atoms with Crippen molar-refractivity contribution >= 4 is 28.7 Å². The highest BCUT2D eigenvalue weighted by Crippen LogP contribution is 2.17. The van der Waals surface area contributed by atoms with Crippen LogP contribution < -0.4 is 10.6 Å². The fraction of sp³-hybridized carbons (Fsp3) is 0.0714. The van der Waals surface area contributed by atoms with Gasteiger partial charge < -0.3 is 10.6 Å². The van der Waals surface area contributed by atoms with E-state index in [4.69, 9.17) is 12.2 Å². The first kappa shape index (κ1) is 14.3. The Balaban J connectivity index is 2.11. The number of anilines is 2. The van der Waals surface area contributed by atoms with Crippen LogP contribution in [-0.4, -0.2) is 5.11 Å². The second kappa shape index (κ2) is 5.92. The Bertz CT molecular complexity index is 639. The van der Waals surface area contributed by atoms with Crippen LogP contribution in [0.2, 0.25) is 0 Å². The first-order valence-corrected chi connectivity index (χ1v) is 6.15. The van der Waals surface area contributed by atoms with Crippen molar-refractivity contribution in [3.63, 3.8) is 0 Å². The maximum Gasteiger partial charge on any atom is 0.175 e. The molecule has 2 aromatic carbocycles. The molecule has 20 heavy (non-hydrogen) atoms. The zero-order valence-corrected chi connectivity index (χ0v) is 11.3. The molecule has 104 valence electrons. The number of aryl methyl sites for hydroxylation is 1. The second-order valence-corrected chi connectivity index (χ2v) is 4.63. The van der Waals surface area contributed by atoms with Gasteiger partial charge in [0.05, 0.1) is 5.69 Å². The van der Waals surface area contributed by atoms with Crippen LogP contribution in [0.15, 0.2) is 36.4 Å². The third kappa shape index (κ3) is 3.71. The zero-order valence-electron chi connectivity index (χ0n) is 10.5. The largest absolute Gasteiger partial charge is 0.332 e. The molecule has 0 atom stereocenters. The Hall–Kier alpha value is -2.08. The number of rotatable bonds is 2. The van der Waals surface area contributed by atoms with Crippen LogP contribution in [0, 0.1) is 24.4 Å². The summed E-state index contributed by atoms with van der Waals surface area (Å²) in [7, 11) is 0. The first-order valence-electron chi connectivity index (χ1n) is 5.74. The molecular weight excluding hydrogens is 285 g/mol. The molecule has 0 aliphatic heterocycles. The van der Waals surface area contributed by atoms with Crippen LogP contribution in [0.3, 0.4) is 0 Å². The Morgan fingerprint density at radius 3 is 2.25 bits per heavy atom. The highest BCUT2D eigenvalue weighted by molar-refractivity contribution is 7.80. The predicted molar refractivity (Wildman–Crippen MR) is 77.3 cm³/mol. The molecule has 2 N–H and O–H groups in total. The highest BCUT2D eigenvalue weighted by atomic mass is 32.1. The van der Waals surface area contributed by atoms with Gasteiger partial charge in [-0.2, -0.15) is 0 Å². The van der Waals surface area contributed by atoms with Crippen molar-refractivity contribution in [1.29, 1.82) is 0 Å². The summed E-state index contributed by atoms with van der Waals surface area (Å²) < 4.78 is 39.6. The van der Waals surface area contributed by atoms with Crippen molar-refractivity contribution in [1.82, 2.24) is 0 Å². The molecule has 0 amide bonds. The van der Waals surface area contributed by atoms with Gasteiger partial charge in [0.25, 0.3) is 0 Å². The van der Waals surface area contributed by atoms with Crippen LogP contribution in [0.5, 0.6) is 0 Å². The van der Waals surface area contributed by atoms with E-state index < -0.39 is 17.5 Å². The molecule has 0 saturated heterocycles. The van der Waals surface area contributed by atoms with Gasteiger partial charge in [0.1, 0.15) is 17.5 Å². The van der Waals surface area contributed by atoms with Crippen LogP contribution in [0.4, 0.5) is 24.5 Å². The monoisotopic (exact) mass is 296 g/mol. The summed E-state index contributed by atoms with van der Waals surface area (Å²) in [6.07, 6.45) is 0. The van der Waals surface area contributed by atoms with E-state index in [0.717, 1.165) is 23.8 Å². The normalized spacial score (nSPS) is 10.2. The van der Waals surface area contributed by atoms with E-state index in [1.165, 1.54) is 6.07 Å². The Morgan fingerprint density at radius 2 is 1.60 bits per heavy atom. The van der Waals surface area contributed by atoms with E-state index in [1.807, 2.05) is 6.92 Å². The van der Waals surface area contributed by atoms with Crippen molar-refractivity contribution in [2.45, 2.75) is 6.92 Å². The van der Waals surface area contributed by atoms with E-state index >= 15 is 0 Å². The zero-order chi connectivity index (χ0) is 14.7. The van der Waals surface area contributed by atoms with Gasteiger partial charge in [-0.05, 0) is 49.0 Å². The molecule has 2 aromatic rings. The Labute approximate surface area is 119 Å². The quantitative estimate of drug-likeness (QED) is 0.811. The molecule has 0 radical (unpaired) electrons. The lowest BCUT2D eigenvalue weighted by molar-refractivity contribution is 0.584. The number of hydrogen-bond acceptors (Lipinski definition) is 1. The smallest absolute Gasteiger partial charge is 0.175 e. The van der Waals surface area contributed by atoms with E-state index in [2.05, 4.69) is 10.6 Å². The summed E-state index contributed by atoms with van der Waals surface area (Å²) in [5.74, 6) is -1.92. The molecule has 2 rings (SSSR count). The van der Waals surface area contributed by atoms with Gasteiger partial charge in [0.2, 0.25) is 0 Å². The summed E-state index contributed by atoms with van der Waals surface area (Å²) in [6, 6.07) is 7.44. The fourth-order valence-corrected chi connectivity index (χ4v) is 1.87. The van der Waals surface area contributed by atoms with Gasteiger partial charge in [-0.3, -0.25) is 0 Å². The van der Waals surface area contributed by atoms with E-state index in [1.54, 1.807) is 12.1 Å². The fourth-order valence-electron chi connectivity index (χ4n) is 1.65. The number of benzene rings is 2. The lowest BCUT2D eigenvalue weighted by Gasteiger charge is -2.12. The van der Waals surface area contributed by atoms with Gasteiger partial charge in [-0.25, -0.2) is 13.2 Å². The summed E-state index contributed by atoms with van der Waals surface area (Å²) in [6.45, 7) is 1.81. The maximum absolute atomic E-state index is 13.5. The first-order chi connectivity index (χ1) is 9.44. The Morgan fingerprint density at radius 1 is 0.950 bits per heavy atom. The van der Waals surface area contributed by atoms with Crippen LogP contribution in [0.25, 0.3) is 0 Å². The predicted octanol–water partition coefficient (Wildman–Crippen LogP) is 4.22. The summed E-state index contributed by atoms with van der Waals surface area (Å²) in [5, 5.41) is 5.27. The summed E-state index contributed by atoms with van der Waals surface area (Å²) in [5.41, 5.74) is 1.20. The number of nitrogens with one attached hydrogen (secondary N) is 2. The molecule has 0 saturated carbocycles. The standard InChI is InChI=1S/C14H11F3N2S/c1-8-2-3-12(17)13(4-8)19-14(20)18-11-6-9(15)5-10(16)7-11/h2-7H,1H3,(H2,18,19,20). The van der Waals surface area contributed by atoms with Crippen LogP contribution in [-0.2, 0) is 0 Å². The third-order valence-corrected chi connectivity index (χ3v) is 2.69. The maximum atomic E-state index is 13.5. The summed E-state index contributed by atoms with van der Waals surface area (Å²) in [4.78, 5) is 0.